The second-order valence-corrected chi connectivity index (χ2v) is 5.17. The van der Waals surface area contributed by atoms with Crippen LogP contribution in [0.1, 0.15) is 24.2 Å². The van der Waals surface area contributed by atoms with Crippen LogP contribution in [0.5, 0.6) is 0 Å². The van der Waals surface area contributed by atoms with E-state index in [0.29, 0.717) is 0 Å². The third-order valence-corrected chi connectivity index (χ3v) is 3.35. The molecule has 0 aliphatic carbocycles. The molecule has 0 spiro atoms. The van der Waals surface area contributed by atoms with Crippen molar-refractivity contribution in [1.29, 1.82) is 0 Å². The number of phosphoric ester groups is 1. The number of nitro benzene ring substituents is 1. The van der Waals surface area contributed by atoms with Crippen molar-refractivity contribution in [3.05, 3.63) is 39.4 Å². The van der Waals surface area contributed by atoms with Gasteiger partial charge in [0.2, 0.25) is 0 Å². The minimum absolute atomic E-state index is 0.188. The summed E-state index contributed by atoms with van der Waals surface area (Å²) >= 11 is 0. The number of phosphoric acid groups is 1. The molecule has 0 amide bonds. The third kappa shape index (κ3) is 3.61. The van der Waals surface area contributed by atoms with Gasteiger partial charge in [-0.05, 0) is 19.9 Å². The zero-order valence-corrected chi connectivity index (χ0v) is 11.0. The number of aryl methyl sites for hydroxylation is 1. The lowest BCUT2D eigenvalue weighted by Gasteiger charge is -2.24. The van der Waals surface area contributed by atoms with Crippen LogP contribution in [-0.2, 0) is 13.6 Å². The summed E-state index contributed by atoms with van der Waals surface area (Å²) in [5.74, 6) is 0. The van der Waals surface area contributed by atoms with Gasteiger partial charge in [-0.2, -0.15) is 0 Å². The lowest BCUT2D eigenvalue weighted by molar-refractivity contribution is -0.386. The summed E-state index contributed by atoms with van der Waals surface area (Å²) < 4.78 is 20.0. The summed E-state index contributed by atoms with van der Waals surface area (Å²) in [7, 11) is -3.47. The van der Waals surface area contributed by atoms with Gasteiger partial charge in [0, 0.05) is 13.2 Å². The average Bonchev–Trinajstić information content (AvgIpc) is 2.28. The smallest absolute Gasteiger partial charge is 0.275 e. The van der Waals surface area contributed by atoms with Gasteiger partial charge in [-0.1, -0.05) is 11.6 Å². The molecule has 8 heteroatoms. The van der Waals surface area contributed by atoms with Gasteiger partial charge in [0.1, 0.15) is 0 Å². The molecule has 0 saturated carbocycles. The molecule has 0 heterocycles. The van der Waals surface area contributed by atoms with Crippen LogP contribution >= 0.6 is 7.82 Å². The molecule has 2 atom stereocenters. The van der Waals surface area contributed by atoms with Gasteiger partial charge in [-0.3, -0.25) is 14.7 Å². The van der Waals surface area contributed by atoms with Gasteiger partial charge in [0.15, 0.2) is 0 Å². The zero-order chi connectivity index (χ0) is 13.9. The summed E-state index contributed by atoms with van der Waals surface area (Å²) in [4.78, 5) is 21.4. The summed E-state index contributed by atoms with van der Waals surface area (Å²) in [5.41, 5.74) is 0.765. The fourth-order valence-electron chi connectivity index (χ4n) is 1.46. The molecule has 0 aliphatic heterocycles. The first-order chi connectivity index (χ1) is 8.26. The van der Waals surface area contributed by atoms with E-state index in [1.54, 1.807) is 13.0 Å². The summed E-state index contributed by atoms with van der Waals surface area (Å²) in [5, 5.41) is 10.8. The monoisotopic (exact) mass is 274 g/mol. The van der Waals surface area contributed by atoms with Crippen LogP contribution in [-0.4, -0.2) is 12.0 Å². The lowest BCUT2D eigenvalue weighted by atomic mass is 10.1. The van der Waals surface area contributed by atoms with Gasteiger partial charge in [0.25, 0.3) is 13.5 Å². The highest BCUT2D eigenvalue weighted by atomic mass is 31.2. The number of rotatable bonds is 5. The van der Waals surface area contributed by atoms with Gasteiger partial charge in [-0.25, -0.2) is 0 Å². The van der Waals surface area contributed by atoms with E-state index >= 15 is 0 Å². The first-order valence-electron chi connectivity index (χ1n) is 5.07. The van der Waals surface area contributed by atoms with Crippen molar-refractivity contribution in [3.63, 3.8) is 0 Å². The topological polar surface area (TPSA) is 102 Å². The molecule has 0 fully saturated rings. The highest BCUT2D eigenvalue weighted by Crippen LogP contribution is 2.44. The Morgan fingerprint density at radius 3 is 2.56 bits per heavy atom. The van der Waals surface area contributed by atoms with E-state index in [1.807, 2.05) is 0 Å². The molecule has 0 aliphatic rings. The van der Waals surface area contributed by atoms with Crippen LogP contribution in [0.15, 0.2) is 18.2 Å². The van der Waals surface area contributed by atoms with Gasteiger partial charge >= 0.3 is 0 Å². The van der Waals surface area contributed by atoms with Gasteiger partial charge in [-0.15, -0.1) is 0 Å². The number of hydrogen-bond acceptors (Lipinski definition) is 6. The van der Waals surface area contributed by atoms with E-state index in [9.17, 15) is 19.6 Å². The Morgan fingerprint density at radius 1 is 1.44 bits per heavy atom. The van der Waals surface area contributed by atoms with E-state index < -0.39 is 18.8 Å². The number of hydrogen-bond donors (Lipinski definition) is 0. The molecule has 2 unspecified atom stereocenters. The predicted octanol–water partition coefficient (Wildman–Crippen LogP) is 2.10. The molecule has 0 radical (unpaired) electrons. The molecule has 1 rings (SSSR count). The molecule has 0 bridgehead atoms. The van der Waals surface area contributed by atoms with Crippen LogP contribution < -0.4 is 4.89 Å². The zero-order valence-electron chi connectivity index (χ0n) is 10.2. The standard InChI is InChI=1S/C10H14NO6P/c1-7-4-5-10(11(12)13)9(6-7)8(2)17-18(14,15)16-3/h4-6,8H,1-3H3,(H,14,15)/p-1. The Morgan fingerprint density at radius 2 is 2.06 bits per heavy atom. The summed E-state index contributed by atoms with van der Waals surface area (Å²) in [6.45, 7) is 3.15. The van der Waals surface area contributed by atoms with Crippen LogP contribution in [0.3, 0.4) is 0 Å². The van der Waals surface area contributed by atoms with Crippen LogP contribution in [0.2, 0.25) is 0 Å². The quantitative estimate of drug-likeness (QED) is 0.463. The highest BCUT2D eigenvalue weighted by molar-refractivity contribution is 7.45. The van der Waals surface area contributed by atoms with E-state index in [-0.39, 0.29) is 11.3 Å². The summed E-state index contributed by atoms with van der Waals surface area (Å²) in [6, 6.07) is 4.40. The van der Waals surface area contributed by atoms with Crippen molar-refractivity contribution in [2.24, 2.45) is 0 Å². The second kappa shape index (κ2) is 5.58. The van der Waals surface area contributed by atoms with Crippen LogP contribution in [0, 0.1) is 17.0 Å². The lowest BCUT2D eigenvalue weighted by Crippen LogP contribution is -2.10. The maximum atomic E-state index is 11.2. The van der Waals surface area contributed by atoms with Crippen molar-refractivity contribution in [1.82, 2.24) is 0 Å². The Labute approximate surface area is 104 Å². The van der Waals surface area contributed by atoms with E-state index in [2.05, 4.69) is 4.52 Å². The van der Waals surface area contributed by atoms with Crippen molar-refractivity contribution in [2.75, 3.05) is 7.11 Å². The Kier molecular flexibility index (Phi) is 4.59. The average molecular weight is 274 g/mol. The fraction of sp³-hybridized carbons (Fsp3) is 0.400. The minimum atomic E-state index is -4.43. The largest absolute Gasteiger partial charge is 0.756 e. The molecule has 1 aromatic carbocycles. The van der Waals surface area contributed by atoms with Gasteiger partial charge in [0.05, 0.1) is 16.6 Å². The SMILES string of the molecule is COP(=O)([O-])OC(C)c1cc(C)ccc1[N+](=O)[O-]. The van der Waals surface area contributed by atoms with E-state index in [1.165, 1.54) is 19.1 Å². The molecule has 1 aromatic rings. The second-order valence-electron chi connectivity index (χ2n) is 3.70. The predicted molar refractivity (Wildman–Crippen MR) is 61.9 cm³/mol. The van der Waals surface area contributed by atoms with E-state index in [0.717, 1.165) is 12.7 Å². The molecule has 100 valence electrons. The van der Waals surface area contributed by atoms with E-state index in [4.69, 9.17) is 4.52 Å². The van der Waals surface area contributed by atoms with Crippen molar-refractivity contribution in [2.45, 2.75) is 20.0 Å². The molecule has 7 nitrogen and oxygen atoms in total. The highest BCUT2D eigenvalue weighted by Gasteiger charge is 2.23. The maximum Gasteiger partial charge on any atom is 0.275 e. The normalized spacial score (nSPS) is 16.0. The fourth-order valence-corrected chi connectivity index (χ4v) is 2.05. The Bertz CT molecular complexity index is 503. The number of nitro groups is 1. The minimum Gasteiger partial charge on any atom is -0.756 e. The van der Waals surface area contributed by atoms with Crippen molar-refractivity contribution < 1.29 is 23.4 Å². The number of benzene rings is 1. The number of nitrogens with zero attached hydrogens (tertiary/aromatic N) is 1. The Hall–Kier alpha value is -1.27. The molecular weight excluding hydrogens is 261 g/mol. The van der Waals surface area contributed by atoms with Crippen LogP contribution in [0.4, 0.5) is 5.69 Å². The first kappa shape index (κ1) is 14.8. The molecule has 0 saturated heterocycles. The molecule has 18 heavy (non-hydrogen) atoms. The maximum absolute atomic E-state index is 11.2. The van der Waals surface area contributed by atoms with Crippen LogP contribution in [0.25, 0.3) is 0 Å². The van der Waals surface area contributed by atoms with Crippen molar-refractivity contribution >= 4 is 13.5 Å². The molecule has 0 N–H and O–H groups in total. The third-order valence-electron chi connectivity index (χ3n) is 2.33. The molecule has 0 aromatic heterocycles. The van der Waals surface area contributed by atoms with Gasteiger partial charge < -0.3 is 13.9 Å². The first-order valence-corrected chi connectivity index (χ1v) is 6.53. The Balaban J connectivity index is 3.11. The summed E-state index contributed by atoms with van der Waals surface area (Å²) in [6.07, 6.45) is -0.992. The molecular formula is C10H13NO6P-. The van der Waals surface area contributed by atoms with Crippen molar-refractivity contribution in [3.8, 4) is 0 Å².